The van der Waals surface area contributed by atoms with Gasteiger partial charge in [-0.25, -0.2) is 4.98 Å². The highest BCUT2D eigenvalue weighted by Gasteiger charge is 2.10. The van der Waals surface area contributed by atoms with Gasteiger partial charge >= 0.3 is 0 Å². The second-order valence-electron chi connectivity index (χ2n) is 4.47. The average molecular weight is 320 g/mol. The molecule has 100 valence electrons. The van der Waals surface area contributed by atoms with Gasteiger partial charge in [-0.1, -0.05) is 19.1 Å². The first-order valence-corrected chi connectivity index (χ1v) is 7.20. The molecule has 1 aromatic carbocycles. The molecule has 2 rings (SSSR count). The lowest BCUT2D eigenvalue weighted by Gasteiger charge is -2.24. The van der Waals surface area contributed by atoms with E-state index in [-0.39, 0.29) is 0 Å². The predicted octanol–water partition coefficient (Wildman–Crippen LogP) is 3.84. The molecule has 0 atom stereocenters. The molecule has 3 nitrogen and oxygen atoms in total. The number of hydrogen-bond donors (Lipinski definition) is 1. The molecule has 2 N–H and O–H groups in total. The Morgan fingerprint density at radius 1 is 1.21 bits per heavy atom. The second kappa shape index (κ2) is 6.57. The van der Waals surface area contributed by atoms with Crippen LogP contribution in [0.4, 0.5) is 11.5 Å². The summed E-state index contributed by atoms with van der Waals surface area (Å²) >= 11 is 3.57. The van der Waals surface area contributed by atoms with Crippen LogP contribution in [0, 0.1) is 0 Å². The third-order valence-electron chi connectivity index (χ3n) is 2.89. The zero-order chi connectivity index (χ0) is 13.7. The van der Waals surface area contributed by atoms with Crippen LogP contribution in [0.25, 0.3) is 0 Å². The lowest BCUT2D eigenvalue weighted by atomic mass is 10.2. The molecule has 19 heavy (non-hydrogen) atoms. The van der Waals surface area contributed by atoms with Crippen molar-refractivity contribution >= 4 is 27.4 Å². The molecule has 0 spiro atoms. The molecule has 1 aromatic heterocycles. The summed E-state index contributed by atoms with van der Waals surface area (Å²) in [5, 5.41) is 0. The number of nitrogens with two attached hydrogens (primary N) is 1. The molecular weight excluding hydrogens is 302 g/mol. The highest BCUT2D eigenvalue weighted by Crippen LogP contribution is 2.24. The van der Waals surface area contributed by atoms with Crippen molar-refractivity contribution in [3.8, 4) is 0 Å². The summed E-state index contributed by atoms with van der Waals surface area (Å²) < 4.78 is 1.03. The van der Waals surface area contributed by atoms with E-state index in [2.05, 4.69) is 44.9 Å². The summed E-state index contributed by atoms with van der Waals surface area (Å²) in [5.74, 6) is 0.987. The number of benzene rings is 1. The van der Waals surface area contributed by atoms with E-state index in [0.29, 0.717) is 0 Å². The van der Waals surface area contributed by atoms with Crippen molar-refractivity contribution in [1.82, 2.24) is 4.98 Å². The minimum absolute atomic E-state index is 0.796. The molecule has 0 unspecified atom stereocenters. The van der Waals surface area contributed by atoms with Crippen molar-refractivity contribution in [2.24, 2.45) is 0 Å². The van der Waals surface area contributed by atoms with Gasteiger partial charge in [0.25, 0.3) is 0 Å². The van der Waals surface area contributed by atoms with Gasteiger partial charge in [0.1, 0.15) is 5.82 Å². The fraction of sp³-hybridized carbons (Fsp3) is 0.267. The topological polar surface area (TPSA) is 42.1 Å². The van der Waals surface area contributed by atoms with Gasteiger partial charge in [-0.3, -0.25) is 0 Å². The van der Waals surface area contributed by atoms with Gasteiger partial charge in [0.05, 0.1) is 4.47 Å². The molecule has 0 aliphatic heterocycles. The van der Waals surface area contributed by atoms with E-state index in [0.717, 1.165) is 35.5 Å². The van der Waals surface area contributed by atoms with Crippen LogP contribution in [0.3, 0.4) is 0 Å². The number of halogens is 1. The molecule has 0 radical (unpaired) electrons. The standard InChI is InChI=1S/C15H18BrN3/c1-2-10-19(15-14(16)4-3-9-18-15)11-12-5-7-13(17)8-6-12/h3-9H,2,10-11,17H2,1H3. The molecular formula is C15H18BrN3. The number of hydrogen-bond acceptors (Lipinski definition) is 3. The van der Waals surface area contributed by atoms with Crippen molar-refractivity contribution in [3.63, 3.8) is 0 Å². The zero-order valence-electron chi connectivity index (χ0n) is 11.0. The summed E-state index contributed by atoms with van der Waals surface area (Å²) in [6, 6.07) is 12.0. The number of pyridine rings is 1. The highest BCUT2D eigenvalue weighted by molar-refractivity contribution is 9.10. The number of rotatable bonds is 5. The predicted molar refractivity (Wildman–Crippen MR) is 84.1 cm³/mol. The van der Waals surface area contributed by atoms with Gasteiger partial charge < -0.3 is 10.6 Å². The molecule has 0 amide bonds. The van der Waals surface area contributed by atoms with Gasteiger partial charge in [-0.05, 0) is 52.2 Å². The first-order chi connectivity index (χ1) is 9.20. The fourth-order valence-corrected chi connectivity index (χ4v) is 2.49. The van der Waals surface area contributed by atoms with Crippen LogP contribution in [0.5, 0.6) is 0 Å². The Labute approximate surface area is 122 Å². The van der Waals surface area contributed by atoms with Crippen molar-refractivity contribution in [2.75, 3.05) is 17.2 Å². The van der Waals surface area contributed by atoms with Gasteiger partial charge in [0.2, 0.25) is 0 Å². The lowest BCUT2D eigenvalue weighted by Crippen LogP contribution is -2.24. The number of nitrogens with zero attached hydrogens (tertiary/aromatic N) is 2. The molecule has 4 heteroatoms. The number of anilines is 2. The molecule has 0 saturated heterocycles. The summed E-state index contributed by atoms with van der Waals surface area (Å²) in [6.45, 7) is 3.98. The first kappa shape index (κ1) is 13.9. The maximum atomic E-state index is 5.72. The van der Waals surface area contributed by atoms with Crippen LogP contribution < -0.4 is 10.6 Å². The van der Waals surface area contributed by atoms with E-state index in [1.54, 1.807) is 0 Å². The first-order valence-electron chi connectivity index (χ1n) is 6.40. The van der Waals surface area contributed by atoms with Gasteiger partial charge in [0, 0.05) is 25.0 Å². The minimum Gasteiger partial charge on any atom is -0.399 e. The average Bonchev–Trinajstić information content (AvgIpc) is 2.41. The van der Waals surface area contributed by atoms with Crippen LogP contribution in [0.1, 0.15) is 18.9 Å². The van der Waals surface area contributed by atoms with Gasteiger partial charge in [-0.2, -0.15) is 0 Å². The van der Waals surface area contributed by atoms with E-state index >= 15 is 0 Å². The van der Waals surface area contributed by atoms with Crippen molar-refractivity contribution in [2.45, 2.75) is 19.9 Å². The Balaban J connectivity index is 2.21. The smallest absolute Gasteiger partial charge is 0.143 e. The van der Waals surface area contributed by atoms with E-state index in [9.17, 15) is 0 Å². The van der Waals surface area contributed by atoms with Crippen LogP contribution in [-0.4, -0.2) is 11.5 Å². The Hall–Kier alpha value is -1.55. The number of nitrogen functional groups attached to an aromatic ring is 1. The molecule has 0 fully saturated rings. The van der Waals surface area contributed by atoms with Crippen molar-refractivity contribution < 1.29 is 0 Å². The van der Waals surface area contributed by atoms with E-state index in [1.165, 1.54) is 5.56 Å². The highest BCUT2D eigenvalue weighted by atomic mass is 79.9. The Bertz CT molecular complexity index is 525. The minimum atomic E-state index is 0.796. The van der Waals surface area contributed by atoms with E-state index < -0.39 is 0 Å². The van der Waals surface area contributed by atoms with Crippen LogP contribution in [-0.2, 0) is 6.54 Å². The van der Waals surface area contributed by atoms with Crippen LogP contribution >= 0.6 is 15.9 Å². The van der Waals surface area contributed by atoms with Gasteiger partial charge in [0.15, 0.2) is 0 Å². The molecule has 0 saturated carbocycles. The molecule has 0 aliphatic carbocycles. The Kier molecular flexibility index (Phi) is 4.80. The molecule has 1 heterocycles. The Morgan fingerprint density at radius 3 is 2.58 bits per heavy atom. The molecule has 0 bridgehead atoms. The quantitative estimate of drug-likeness (QED) is 0.851. The Morgan fingerprint density at radius 2 is 1.95 bits per heavy atom. The largest absolute Gasteiger partial charge is 0.399 e. The molecule has 0 aliphatic rings. The number of aromatic nitrogens is 1. The summed E-state index contributed by atoms with van der Waals surface area (Å²) in [5.41, 5.74) is 7.75. The van der Waals surface area contributed by atoms with Gasteiger partial charge in [-0.15, -0.1) is 0 Å². The zero-order valence-corrected chi connectivity index (χ0v) is 12.6. The second-order valence-corrected chi connectivity index (χ2v) is 5.33. The van der Waals surface area contributed by atoms with Crippen molar-refractivity contribution in [3.05, 3.63) is 52.6 Å². The monoisotopic (exact) mass is 319 g/mol. The summed E-state index contributed by atoms with van der Waals surface area (Å²) in [7, 11) is 0. The molecule has 2 aromatic rings. The SMILES string of the molecule is CCCN(Cc1ccc(N)cc1)c1ncccc1Br. The van der Waals surface area contributed by atoms with Crippen LogP contribution in [0.2, 0.25) is 0 Å². The van der Waals surface area contributed by atoms with E-state index in [1.807, 2.05) is 30.5 Å². The third-order valence-corrected chi connectivity index (χ3v) is 3.50. The summed E-state index contributed by atoms with van der Waals surface area (Å²) in [4.78, 5) is 6.74. The third kappa shape index (κ3) is 3.70. The summed E-state index contributed by atoms with van der Waals surface area (Å²) in [6.07, 6.45) is 2.91. The maximum Gasteiger partial charge on any atom is 0.143 e. The normalized spacial score (nSPS) is 10.4. The fourth-order valence-electron chi connectivity index (χ4n) is 1.98. The maximum absolute atomic E-state index is 5.72. The lowest BCUT2D eigenvalue weighted by molar-refractivity contribution is 0.753. The van der Waals surface area contributed by atoms with E-state index in [4.69, 9.17) is 5.73 Å². The van der Waals surface area contributed by atoms with Crippen molar-refractivity contribution in [1.29, 1.82) is 0 Å². The van der Waals surface area contributed by atoms with Crippen LogP contribution in [0.15, 0.2) is 47.1 Å².